The third-order valence-corrected chi connectivity index (χ3v) is 0.806. The van der Waals surface area contributed by atoms with Gasteiger partial charge >= 0.3 is 17.8 Å². The molecule has 0 amide bonds. The van der Waals surface area contributed by atoms with Gasteiger partial charge in [0.05, 0.1) is 0 Å². The molecule has 7 heteroatoms. The van der Waals surface area contributed by atoms with Gasteiger partial charge in [-0.25, -0.2) is 13.6 Å². The van der Waals surface area contributed by atoms with Crippen LogP contribution in [0, 0.1) is 0 Å². The van der Waals surface area contributed by atoms with E-state index in [-0.39, 0.29) is 0 Å². The van der Waals surface area contributed by atoms with Gasteiger partial charge in [-0.15, -0.1) is 0 Å². The zero-order valence-corrected chi connectivity index (χ0v) is 5.75. The molecule has 0 spiro atoms. The number of rotatable bonds is 3. The summed E-state index contributed by atoms with van der Waals surface area (Å²) < 4.78 is 49.7. The van der Waals surface area contributed by atoms with Crippen LogP contribution in [0.4, 0.5) is 22.4 Å². The molecule has 11 heavy (non-hydrogen) atoms. The van der Waals surface area contributed by atoms with Gasteiger partial charge in [0, 0.05) is 11.6 Å². The molecule has 0 saturated carbocycles. The molecular formula is C4H3ClF4O2. The first-order chi connectivity index (χ1) is 4.86. The lowest BCUT2D eigenvalue weighted by Crippen LogP contribution is -2.32. The summed E-state index contributed by atoms with van der Waals surface area (Å²) in [4.78, 5) is 9.68. The summed E-state index contributed by atoms with van der Waals surface area (Å²) in [6.07, 6.45) is -3.86. The van der Waals surface area contributed by atoms with Crippen molar-refractivity contribution in [3.05, 3.63) is 0 Å². The van der Waals surface area contributed by atoms with Crippen LogP contribution in [0.25, 0.3) is 0 Å². The molecule has 0 aromatic heterocycles. The molecule has 0 saturated heterocycles. The maximum Gasteiger partial charge on any atom is 0.403 e. The topological polar surface area (TPSA) is 26.3 Å². The third kappa shape index (κ3) is 4.02. The Bertz CT molecular complexity index is 149. The molecule has 0 fully saturated rings. The molecule has 0 heterocycles. The molecule has 0 aromatic carbocycles. The van der Waals surface area contributed by atoms with Gasteiger partial charge in [0.1, 0.15) is 0 Å². The molecule has 66 valence electrons. The minimum Gasteiger partial charge on any atom is -0.447 e. The second kappa shape index (κ2) is 3.75. The second-order valence-corrected chi connectivity index (χ2v) is 1.90. The van der Waals surface area contributed by atoms with Crippen LogP contribution in [-0.4, -0.2) is 24.4 Å². The van der Waals surface area contributed by atoms with Crippen LogP contribution >= 0.6 is 11.6 Å². The summed E-state index contributed by atoms with van der Waals surface area (Å²) in [6, 6.07) is 0. The van der Waals surface area contributed by atoms with Crippen molar-refractivity contribution in [1.29, 1.82) is 0 Å². The average molecular weight is 195 g/mol. The minimum absolute atomic E-state index is 1.54. The van der Waals surface area contributed by atoms with Crippen LogP contribution in [0.2, 0.25) is 0 Å². The number of alkyl halides is 4. The lowest BCUT2D eigenvalue weighted by Gasteiger charge is -2.13. The largest absolute Gasteiger partial charge is 0.447 e. The first-order valence-corrected chi connectivity index (χ1v) is 2.72. The van der Waals surface area contributed by atoms with Crippen molar-refractivity contribution in [2.75, 3.05) is 6.61 Å². The summed E-state index contributed by atoms with van der Waals surface area (Å²) in [5.74, 6) is -4.33. The van der Waals surface area contributed by atoms with E-state index >= 15 is 0 Å². The van der Waals surface area contributed by atoms with Crippen molar-refractivity contribution in [1.82, 2.24) is 0 Å². The molecule has 0 unspecified atom stereocenters. The van der Waals surface area contributed by atoms with Gasteiger partial charge in [0.25, 0.3) is 0 Å². The number of hydrogen-bond acceptors (Lipinski definition) is 2. The van der Waals surface area contributed by atoms with E-state index in [9.17, 15) is 22.4 Å². The average Bonchev–Trinajstić information content (AvgIpc) is 1.84. The highest BCUT2D eigenvalue weighted by Gasteiger charge is 2.42. The first-order valence-electron chi connectivity index (χ1n) is 2.34. The minimum atomic E-state index is -4.33. The molecule has 0 aliphatic heterocycles. The first kappa shape index (κ1) is 10.5. The quantitative estimate of drug-likeness (QED) is 0.509. The maximum atomic E-state index is 11.8. The molecule has 0 aromatic rings. The Labute approximate surface area is 64.1 Å². The molecule has 0 aliphatic rings. The van der Waals surface area contributed by atoms with Crippen molar-refractivity contribution in [2.24, 2.45) is 0 Å². The highest BCUT2D eigenvalue weighted by Crippen LogP contribution is 2.22. The fraction of sp³-hybridized carbons (Fsp3) is 0.750. The molecule has 0 radical (unpaired) electrons. The van der Waals surface area contributed by atoms with Crippen molar-refractivity contribution in [2.45, 2.75) is 12.3 Å². The van der Waals surface area contributed by atoms with E-state index in [1.165, 1.54) is 0 Å². The Morgan fingerprint density at radius 1 is 1.55 bits per heavy atom. The molecule has 0 aliphatic carbocycles. The van der Waals surface area contributed by atoms with E-state index in [4.69, 9.17) is 0 Å². The molecule has 2 nitrogen and oxygen atoms in total. The summed E-state index contributed by atoms with van der Waals surface area (Å²) in [7, 11) is 0. The van der Waals surface area contributed by atoms with Crippen molar-refractivity contribution < 1.29 is 27.1 Å². The number of hydrogen-bond donors (Lipinski definition) is 0. The van der Waals surface area contributed by atoms with Crippen LogP contribution in [-0.2, 0) is 4.74 Å². The normalized spacial score (nSPS) is 11.8. The van der Waals surface area contributed by atoms with Crippen LogP contribution < -0.4 is 0 Å². The third-order valence-electron chi connectivity index (χ3n) is 0.697. The predicted molar refractivity (Wildman–Crippen MR) is 28.2 cm³/mol. The van der Waals surface area contributed by atoms with Gasteiger partial charge in [-0.3, -0.25) is 0 Å². The van der Waals surface area contributed by atoms with Crippen molar-refractivity contribution in [3.63, 3.8) is 0 Å². The highest BCUT2D eigenvalue weighted by molar-refractivity contribution is 6.61. The van der Waals surface area contributed by atoms with Gasteiger partial charge in [-0.1, -0.05) is 0 Å². The Hall–Kier alpha value is -0.520. The van der Waals surface area contributed by atoms with Gasteiger partial charge in [-0.2, -0.15) is 8.78 Å². The lowest BCUT2D eigenvalue weighted by atomic mass is 10.4. The van der Waals surface area contributed by atoms with E-state index < -0.39 is 24.4 Å². The standard InChI is InChI=1S/C4H3ClF4O2/c5-3(10)11-1-4(8,9)2(6)7/h2H,1H2. The van der Waals surface area contributed by atoms with Gasteiger partial charge in [0.15, 0.2) is 6.61 Å². The highest BCUT2D eigenvalue weighted by atomic mass is 35.5. The van der Waals surface area contributed by atoms with Crippen LogP contribution in [0.1, 0.15) is 0 Å². The van der Waals surface area contributed by atoms with Crippen LogP contribution in [0.3, 0.4) is 0 Å². The zero-order chi connectivity index (χ0) is 9.07. The van der Waals surface area contributed by atoms with Gasteiger partial charge in [0.2, 0.25) is 0 Å². The summed E-state index contributed by atoms with van der Waals surface area (Å²) >= 11 is 4.45. The Kier molecular flexibility index (Phi) is 3.57. The maximum absolute atomic E-state index is 11.8. The molecule has 0 rings (SSSR count). The van der Waals surface area contributed by atoms with E-state index in [2.05, 4.69) is 16.3 Å². The summed E-state index contributed by atoms with van der Waals surface area (Å²) in [6.45, 7) is -1.70. The summed E-state index contributed by atoms with van der Waals surface area (Å²) in [5, 5.41) is 0. The van der Waals surface area contributed by atoms with Crippen LogP contribution in [0.15, 0.2) is 0 Å². The fourth-order valence-corrected chi connectivity index (χ4v) is 0.271. The summed E-state index contributed by atoms with van der Waals surface area (Å²) in [5.41, 5.74) is -1.54. The molecule has 0 atom stereocenters. The van der Waals surface area contributed by atoms with E-state index in [0.29, 0.717) is 0 Å². The second-order valence-electron chi connectivity index (χ2n) is 1.59. The Morgan fingerprint density at radius 2 is 2.00 bits per heavy atom. The Balaban J connectivity index is 3.82. The smallest absolute Gasteiger partial charge is 0.403 e. The lowest BCUT2D eigenvalue weighted by molar-refractivity contribution is -0.152. The molecule has 0 N–H and O–H groups in total. The fourth-order valence-electron chi connectivity index (χ4n) is 0.216. The molecule has 0 bridgehead atoms. The monoisotopic (exact) mass is 194 g/mol. The number of carbonyl (C=O) groups excluding carboxylic acids is 1. The van der Waals surface area contributed by atoms with E-state index in [0.717, 1.165) is 0 Å². The van der Waals surface area contributed by atoms with E-state index in [1.807, 2.05) is 0 Å². The SMILES string of the molecule is O=C(Cl)OCC(F)(F)C(F)F. The predicted octanol–water partition coefficient (Wildman–Crippen LogP) is 2.26. The number of halogens is 5. The number of ether oxygens (including phenoxy) is 1. The van der Waals surface area contributed by atoms with E-state index in [1.54, 1.807) is 0 Å². The van der Waals surface area contributed by atoms with Crippen molar-refractivity contribution >= 4 is 17.0 Å². The van der Waals surface area contributed by atoms with Crippen LogP contribution in [0.5, 0.6) is 0 Å². The number of carbonyl (C=O) groups is 1. The van der Waals surface area contributed by atoms with Gasteiger partial charge in [-0.05, 0) is 0 Å². The van der Waals surface area contributed by atoms with Gasteiger partial charge < -0.3 is 4.74 Å². The Morgan fingerprint density at radius 3 is 2.27 bits per heavy atom. The zero-order valence-electron chi connectivity index (χ0n) is 4.99. The molecular weight excluding hydrogens is 191 g/mol. The van der Waals surface area contributed by atoms with Crippen molar-refractivity contribution in [3.8, 4) is 0 Å².